The van der Waals surface area contributed by atoms with Crippen molar-refractivity contribution in [3.63, 3.8) is 0 Å². The molecule has 14 heavy (non-hydrogen) atoms. The van der Waals surface area contributed by atoms with E-state index in [-0.39, 0.29) is 0 Å². The summed E-state index contributed by atoms with van der Waals surface area (Å²) in [6.07, 6.45) is 6.99. The van der Waals surface area contributed by atoms with E-state index in [0.717, 1.165) is 12.0 Å². The minimum absolute atomic E-state index is 0.752. The van der Waals surface area contributed by atoms with Crippen LogP contribution in [0.2, 0.25) is 0 Å². The highest BCUT2D eigenvalue weighted by Gasteiger charge is 2.32. The van der Waals surface area contributed by atoms with Gasteiger partial charge in [-0.05, 0) is 51.2 Å². The van der Waals surface area contributed by atoms with Gasteiger partial charge in [0.1, 0.15) is 0 Å². The molecule has 2 heterocycles. The summed E-state index contributed by atoms with van der Waals surface area (Å²) in [7, 11) is 0. The summed E-state index contributed by atoms with van der Waals surface area (Å²) in [4.78, 5) is 0. The predicted molar refractivity (Wildman–Crippen MR) is 58.8 cm³/mol. The molecule has 0 fully saturated rings. The van der Waals surface area contributed by atoms with Crippen molar-refractivity contribution in [1.29, 1.82) is 0 Å². The largest absolute Gasteiger partial charge is 0.346 e. The summed E-state index contributed by atoms with van der Waals surface area (Å²) >= 11 is 0. The standard InChI is InChI=1S/C13H19N/c1-9-7-11-5-3-4-6-12-8-10(2)14(9)13(11)12/h7,10,12H,3-6,8H2,1-2H3. The van der Waals surface area contributed by atoms with Gasteiger partial charge in [0.25, 0.3) is 0 Å². The second kappa shape index (κ2) is 2.88. The minimum atomic E-state index is 0.752. The average Bonchev–Trinajstić information content (AvgIpc) is 2.56. The molecule has 1 heteroatoms. The second-order valence-electron chi connectivity index (χ2n) is 5.09. The van der Waals surface area contributed by atoms with E-state index in [2.05, 4.69) is 24.5 Å². The van der Waals surface area contributed by atoms with Crippen LogP contribution in [-0.2, 0) is 6.42 Å². The van der Waals surface area contributed by atoms with Crippen LogP contribution in [0.4, 0.5) is 0 Å². The summed E-state index contributed by atoms with van der Waals surface area (Å²) in [6, 6.07) is 3.19. The van der Waals surface area contributed by atoms with Gasteiger partial charge in [0, 0.05) is 23.3 Å². The molecule has 3 rings (SSSR count). The van der Waals surface area contributed by atoms with E-state index in [0.29, 0.717) is 0 Å². The number of aryl methyl sites for hydroxylation is 2. The fraction of sp³-hybridized carbons (Fsp3) is 0.692. The number of hydrogen-bond donors (Lipinski definition) is 0. The third-order valence-electron chi connectivity index (χ3n) is 4.05. The molecule has 2 aliphatic rings. The van der Waals surface area contributed by atoms with Crippen molar-refractivity contribution in [2.75, 3.05) is 0 Å². The van der Waals surface area contributed by atoms with Crippen LogP contribution in [0.1, 0.15) is 61.5 Å². The van der Waals surface area contributed by atoms with Crippen molar-refractivity contribution < 1.29 is 0 Å². The zero-order chi connectivity index (χ0) is 9.71. The van der Waals surface area contributed by atoms with Crippen LogP contribution in [0.3, 0.4) is 0 Å². The molecular weight excluding hydrogens is 170 g/mol. The van der Waals surface area contributed by atoms with Gasteiger partial charge < -0.3 is 4.57 Å². The Bertz CT molecular complexity index is 362. The molecule has 2 atom stereocenters. The minimum Gasteiger partial charge on any atom is -0.346 e. The Morgan fingerprint density at radius 2 is 2.21 bits per heavy atom. The molecule has 0 amide bonds. The van der Waals surface area contributed by atoms with Gasteiger partial charge in [-0.3, -0.25) is 0 Å². The Kier molecular flexibility index (Phi) is 1.77. The molecule has 0 radical (unpaired) electrons. The Morgan fingerprint density at radius 1 is 1.36 bits per heavy atom. The van der Waals surface area contributed by atoms with Gasteiger partial charge in [0.05, 0.1) is 0 Å². The summed E-state index contributed by atoms with van der Waals surface area (Å²) < 4.78 is 2.60. The van der Waals surface area contributed by atoms with Crippen molar-refractivity contribution in [3.05, 3.63) is 23.0 Å². The van der Waals surface area contributed by atoms with Crippen molar-refractivity contribution in [2.24, 2.45) is 0 Å². The van der Waals surface area contributed by atoms with Gasteiger partial charge in [-0.15, -0.1) is 0 Å². The Balaban J connectivity index is 2.18. The molecule has 1 aromatic heterocycles. The maximum absolute atomic E-state index is 2.60. The highest BCUT2D eigenvalue weighted by atomic mass is 15.1. The van der Waals surface area contributed by atoms with Gasteiger partial charge >= 0.3 is 0 Å². The molecule has 0 aromatic carbocycles. The molecule has 2 unspecified atom stereocenters. The first-order valence-electron chi connectivity index (χ1n) is 5.98. The number of nitrogens with zero attached hydrogens (tertiary/aromatic N) is 1. The van der Waals surface area contributed by atoms with E-state index in [1.54, 1.807) is 11.3 Å². The lowest BCUT2D eigenvalue weighted by Gasteiger charge is -2.08. The predicted octanol–water partition coefficient (Wildman–Crippen LogP) is 3.57. The van der Waals surface area contributed by atoms with Crippen LogP contribution in [-0.4, -0.2) is 4.57 Å². The summed E-state index contributed by atoms with van der Waals surface area (Å²) in [5, 5.41) is 0. The third kappa shape index (κ3) is 1.01. The van der Waals surface area contributed by atoms with Crippen molar-refractivity contribution >= 4 is 0 Å². The monoisotopic (exact) mass is 189 g/mol. The van der Waals surface area contributed by atoms with Crippen LogP contribution in [0, 0.1) is 6.92 Å². The van der Waals surface area contributed by atoms with Gasteiger partial charge in [-0.1, -0.05) is 6.42 Å². The fourth-order valence-corrected chi connectivity index (χ4v) is 3.57. The van der Waals surface area contributed by atoms with Gasteiger partial charge in [-0.25, -0.2) is 0 Å². The zero-order valence-electron chi connectivity index (χ0n) is 9.21. The lowest BCUT2D eigenvalue weighted by Crippen LogP contribution is -2.00. The molecular formula is C13H19N. The average molecular weight is 189 g/mol. The topological polar surface area (TPSA) is 4.93 Å². The van der Waals surface area contributed by atoms with E-state index in [1.807, 2.05) is 0 Å². The lowest BCUT2D eigenvalue weighted by molar-refractivity contribution is 0.515. The Labute approximate surface area is 86.1 Å². The maximum atomic E-state index is 2.60. The summed E-state index contributed by atoms with van der Waals surface area (Å²) in [6.45, 7) is 4.65. The van der Waals surface area contributed by atoms with Gasteiger partial charge in [0.2, 0.25) is 0 Å². The molecule has 1 aliphatic heterocycles. The fourth-order valence-electron chi connectivity index (χ4n) is 3.57. The van der Waals surface area contributed by atoms with Crippen LogP contribution in [0.5, 0.6) is 0 Å². The van der Waals surface area contributed by atoms with E-state index >= 15 is 0 Å². The first-order chi connectivity index (χ1) is 6.77. The van der Waals surface area contributed by atoms with Crippen molar-refractivity contribution in [1.82, 2.24) is 4.57 Å². The molecule has 0 spiro atoms. The highest BCUT2D eigenvalue weighted by molar-refractivity contribution is 5.35. The molecule has 1 aliphatic carbocycles. The van der Waals surface area contributed by atoms with Crippen LogP contribution in [0.15, 0.2) is 6.07 Å². The first kappa shape index (κ1) is 8.58. The SMILES string of the molecule is Cc1cc2c3n1C(C)CC3CCCC2. The molecule has 0 saturated carbocycles. The van der Waals surface area contributed by atoms with Gasteiger partial charge in [-0.2, -0.15) is 0 Å². The van der Waals surface area contributed by atoms with Crippen LogP contribution >= 0.6 is 0 Å². The van der Waals surface area contributed by atoms with Crippen molar-refractivity contribution in [3.8, 4) is 0 Å². The quantitative estimate of drug-likeness (QED) is 0.588. The first-order valence-corrected chi connectivity index (χ1v) is 5.98. The Morgan fingerprint density at radius 3 is 3.07 bits per heavy atom. The second-order valence-corrected chi connectivity index (χ2v) is 5.09. The molecule has 1 aromatic rings. The van der Waals surface area contributed by atoms with Crippen LogP contribution in [0.25, 0.3) is 0 Å². The van der Waals surface area contributed by atoms with E-state index in [4.69, 9.17) is 0 Å². The normalized spacial score (nSPS) is 30.1. The number of hydrogen-bond acceptors (Lipinski definition) is 0. The molecule has 0 N–H and O–H groups in total. The van der Waals surface area contributed by atoms with E-state index in [1.165, 1.54) is 37.8 Å². The van der Waals surface area contributed by atoms with Gasteiger partial charge in [0.15, 0.2) is 0 Å². The highest BCUT2D eigenvalue weighted by Crippen LogP contribution is 2.44. The molecule has 76 valence electrons. The molecule has 1 nitrogen and oxygen atoms in total. The summed E-state index contributed by atoms with van der Waals surface area (Å²) in [5.41, 5.74) is 4.86. The maximum Gasteiger partial charge on any atom is 0.0314 e. The van der Waals surface area contributed by atoms with E-state index in [9.17, 15) is 0 Å². The molecule has 0 bridgehead atoms. The number of rotatable bonds is 0. The summed E-state index contributed by atoms with van der Waals surface area (Å²) in [5.74, 6) is 0.885. The third-order valence-corrected chi connectivity index (χ3v) is 4.05. The van der Waals surface area contributed by atoms with E-state index < -0.39 is 0 Å². The lowest BCUT2D eigenvalue weighted by atomic mass is 9.97. The Hall–Kier alpha value is -0.720. The molecule has 0 saturated heterocycles. The van der Waals surface area contributed by atoms with Crippen LogP contribution < -0.4 is 0 Å². The smallest absolute Gasteiger partial charge is 0.0314 e. The number of aromatic nitrogens is 1. The van der Waals surface area contributed by atoms with Crippen molar-refractivity contribution in [2.45, 2.75) is 57.9 Å². The zero-order valence-corrected chi connectivity index (χ0v) is 9.21.